The van der Waals surface area contributed by atoms with E-state index in [-0.39, 0.29) is 18.1 Å². The minimum Gasteiger partial charge on any atom is -0.462 e. The summed E-state index contributed by atoms with van der Waals surface area (Å²) in [5.74, 6) is -0.790. The Morgan fingerprint density at radius 2 is 1.74 bits per heavy atom. The van der Waals surface area contributed by atoms with Crippen molar-refractivity contribution in [3.63, 3.8) is 0 Å². The molecule has 8 nitrogen and oxygen atoms in total. The molecule has 0 aliphatic heterocycles. The summed E-state index contributed by atoms with van der Waals surface area (Å²) in [7, 11) is 0. The van der Waals surface area contributed by atoms with Gasteiger partial charge in [-0.25, -0.2) is 9.48 Å². The van der Waals surface area contributed by atoms with Gasteiger partial charge < -0.3 is 10.1 Å². The topological polar surface area (TPSA) is 95.2 Å². The number of anilines is 1. The first-order valence-electron chi connectivity index (χ1n) is 11.1. The van der Waals surface area contributed by atoms with Crippen LogP contribution in [0.25, 0.3) is 16.7 Å². The standard InChI is InChI=1S/C26H26N4O4/c1-5-34-26(33)19-11-13-20(14-12-19)27-24(32)18(4)29-22(31)15-16(2)23-17(3)28-30(25(23)29)21-9-7-6-8-10-21/h6-15,18H,5H2,1-4H3,(H,27,32). The van der Waals surface area contributed by atoms with Gasteiger partial charge in [0.1, 0.15) is 11.7 Å². The highest BCUT2D eigenvalue weighted by atomic mass is 16.5. The van der Waals surface area contributed by atoms with Crippen molar-refractivity contribution >= 4 is 28.6 Å². The number of aromatic nitrogens is 3. The fraction of sp³-hybridized carbons (Fsp3) is 0.231. The SMILES string of the molecule is CCOC(=O)c1ccc(NC(=O)C(C)n2c(=O)cc(C)c3c(C)nn(-c4ccccc4)c32)cc1. The predicted octanol–water partition coefficient (Wildman–Crippen LogP) is 4.18. The van der Waals surface area contributed by atoms with E-state index < -0.39 is 12.0 Å². The van der Waals surface area contributed by atoms with E-state index in [4.69, 9.17) is 4.74 Å². The third kappa shape index (κ3) is 4.22. The molecule has 0 aliphatic carbocycles. The maximum Gasteiger partial charge on any atom is 0.338 e. The van der Waals surface area contributed by atoms with E-state index in [1.165, 1.54) is 10.6 Å². The molecule has 0 aliphatic rings. The van der Waals surface area contributed by atoms with Crippen LogP contribution in [0.3, 0.4) is 0 Å². The monoisotopic (exact) mass is 458 g/mol. The molecule has 2 heterocycles. The summed E-state index contributed by atoms with van der Waals surface area (Å²) in [6.45, 7) is 7.46. The van der Waals surface area contributed by atoms with Crippen LogP contribution in [-0.2, 0) is 9.53 Å². The number of hydrogen-bond donors (Lipinski definition) is 1. The highest BCUT2D eigenvalue weighted by Crippen LogP contribution is 2.26. The third-order valence-electron chi connectivity index (χ3n) is 5.67. The Kier molecular flexibility index (Phi) is 6.32. The molecule has 4 aromatic rings. The van der Waals surface area contributed by atoms with Crippen molar-refractivity contribution in [2.24, 2.45) is 0 Å². The second-order valence-corrected chi connectivity index (χ2v) is 8.03. The Morgan fingerprint density at radius 1 is 1.06 bits per heavy atom. The van der Waals surface area contributed by atoms with Crippen LogP contribution in [0.2, 0.25) is 0 Å². The number of ether oxygens (including phenoxy) is 1. The van der Waals surface area contributed by atoms with Crippen LogP contribution < -0.4 is 10.9 Å². The fourth-order valence-electron chi connectivity index (χ4n) is 4.02. The van der Waals surface area contributed by atoms with Gasteiger partial charge in [0.05, 0.1) is 23.6 Å². The van der Waals surface area contributed by atoms with Gasteiger partial charge in [0.25, 0.3) is 5.56 Å². The molecule has 174 valence electrons. The number of benzene rings is 2. The third-order valence-corrected chi connectivity index (χ3v) is 5.67. The number of carbonyl (C=O) groups is 2. The van der Waals surface area contributed by atoms with E-state index in [1.807, 2.05) is 44.2 Å². The summed E-state index contributed by atoms with van der Waals surface area (Å²) < 4.78 is 8.16. The van der Waals surface area contributed by atoms with Crippen molar-refractivity contribution in [3.05, 3.63) is 87.8 Å². The van der Waals surface area contributed by atoms with Crippen LogP contribution in [0.4, 0.5) is 5.69 Å². The molecule has 0 spiro atoms. The zero-order valence-electron chi connectivity index (χ0n) is 19.5. The molecule has 0 saturated heterocycles. The summed E-state index contributed by atoms with van der Waals surface area (Å²) >= 11 is 0. The number of nitrogens with one attached hydrogen (secondary N) is 1. The molecule has 1 unspecified atom stereocenters. The second kappa shape index (κ2) is 9.35. The van der Waals surface area contributed by atoms with Crippen molar-refractivity contribution in [3.8, 4) is 5.69 Å². The van der Waals surface area contributed by atoms with E-state index in [1.54, 1.807) is 42.8 Å². The lowest BCUT2D eigenvalue weighted by Crippen LogP contribution is -2.32. The van der Waals surface area contributed by atoms with Crippen molar-refractivity contribution < 1.29 is 14.3 Å². The van der Waals surface area contributed by atoms with Crippen LogP contribution in [0, 0.1) is 13.8 Å². The van der Waals surface area contributed by atoms with E-state index in [9.17, 15) is 14.4 Å². The number of aryl methyl sites for hydroxylation is 2. The van der Waals surface area contributed by atoms with Gasteiger partial charge in [-0.1, -0.05) is 18.2 Å². The van der Waals surface area contributed by atoms with Crippen molar-refractivity contribution in [1.29, 1.82) is 0 Å². The number of amides is 1. The number of carbonyl (C=O) groups excluding carboxylic acids is 2. The molecule has 4 rings (SSSR count). The van der Waals surface area contributed by atoms with Crippen molar-refractivity contribution in [1.82, 2.24) is 14.3 Å². The van der Waals surface area contributed by atoms with Crippen molar-refractivity contribution in [2.45, 2.75) is 33.7 Å². The average molecular weight is 459 g/mol. The molecular weight excluding hydrogens is 432 g/mol. The van der Waals surface area contributed by atoms with E-state index in [0.717, 1.165) is 22.3 Å². The molecule has 2 aromatic heterocycles. The lowest BCUT2D eigenvalue weighted by Gasteiger charge is -2.18. The molecule has 8 heteroatoms. The van der Waals surface area contributed by atoms with Gasteiger partial charge in [0.2, 0.25) is 5.91 Å². The zero-order chi connectivity index (χ0) is 24.4. The molecule has 0 bridgehead atoms. The Hall–Kier alpha value is -4.20. The van der Waals surface area contributed by atoms with E-state index in [0.29, 0.717) is 16.9 Å². The summed E-state index contributed by atoms with van der Waals surface area (Å²) in [6.07, 6.45) is 0. The highest BCUT2D eigenvalue weighted by molar-refractivity contribution is 5.96. The van der Waals surface area contributed by atoms with Crippen LogP contribution in [0.15, 0.2) is 65.5 Å². The molecular formula is C26H26N4O4. The zero-order valence-corrected chi connectivity index (χ0v) is 19.5. The number of fused-ring (bicyclic) bond motifs is 1. The van der Waals surface area contributed by atoms with Gasteiger partial charge >= 0.3 is 5.97 Å². The van der Waals surface area contributed by atoms with Gasteiger partial charge in [-0.15, -0.1) is 0 Å². The Balaban J connectivity index is 1.72. The number of nitrogens with zero attached hydrogens (tertiary/aromatic N) is 3. The van der Waals surface area contributed by atoms with Crippen LogP contribution in [-0.4, -0.2) is 32.8 Å². The van der Waals surface area contributed by atoms with Crippen molar-refractivity contribution in [2.75, 3.05) is 11.9 Å². The normalized spacial score (nSPS) is 11.9. The quantitative estimate of drug-likeness (QED) is 0.438. The minimum atomic E-state index is -0.820. The van der Waals surface area contributed by atoms with Crippen LogP contribution in [0.5, 0.6) is 0 Å². The number of rotatable bonds is 6. The van der Waals surface area contributed by atoms with Gasteiger partial charge in [0.15, 0.2) is 0 Å². The Labute approximate surface area is 196 Å². The first-order valence-corrected chi connectivity index (χ1v) is 11.1. The maximum absolute atomic E-state index is 13.2. The highest BCUT2D eigenvalue weighted by Gasteiger charge is 2.24. The lowest BCUT2D eigenvalue weighted by molar-refractivity contribution is -0.118. The number of para-hydroxylation sites is 1. The maximum atomic E-state index is 13.2. The molecule has 34 heavy (non-hydrogen) atoms. The lowest BCUT2D eigenvalue weighted by atomic mass is 10.1. The first-order chi connectivity index (χ1) is 16.3. The van der Waals surface area contributed by atoms with Crippen LogP contribution >= 0.6 is 0 Å². The second-order valence-electron chi connectivity index (χ2n) is 8.03. The summed E-state index contributed by atoms with van der Waals surface area (Å²) in [5.41, 5.74) is 3.55. The van der Waals surface area contributed by atoms with Crippen LogP contribution in [0.1, 0.15) is 41.5 Å². The molecule has 1 N–H and O–H groups in total. The van der Waals surface area contributed by atoms with Gasteiger partial charge in [-0.05, 0) is 69.7 Å². The smallest absolute Gasteiger partial charge is 0.338 e. The molecule has 0 radical (unpaired) electrons. The molecule has 0 fully saturated rings. The summed E-state index contributed by atoms with van der Waals surface area (Å²) in [5, 5.41) is 8.34. The molecule has 1 amide bonds. The van der Waals surface area contributed by atoms with E-state index in [2.05, 4.69) is 10.4 Å². The van der Waals surface area contributed by atoms with Gasteiger partial charge in [-0.2, -0.15) is 5.10 Å². The number of esters is 1. The fourth-order valence-corrected chi connectivity index (χ4v) is 4.02. The summed E-state index contributed by atoms with van der Waals surface area (Å²) in [4.78, 5) is 38.2. The number of pyridine rings is 1. The number of hydrogen-bond acceptors (Lipinski definition) is 5. The van der Waals surface area contributed by atoms with Gasteiger partial charge in [-0.3, -0.25) is 14.2 Å². The Bertz CT molecular complexity index is 1420. The van der Waals surface area contributed by atoms with E-state index >= 15 is 0 Å². The van der Waals surface area contributed by atoms with Gasteiger partial charge in [0, 0.05) is 17.1 Å². The largest absolute Gasteiger partial charge is 0.462 e. The predicted molar refractivity (Wildman–Crippen MR) is 131 cm³/mol. The minimum absolute atomic E-state index is 0.285. The summed E-state index contributed by atoms with van der Waals surface area (Å²) in [6, 6.07) is 16.6. The Morgan fingerprint density at radius 3 is 2.38 bits per heavy atom. The first kappa shape index (κ1) is 23.0. The molecule has 2 aromatic carbocycles. The average Bonchev–Trinajstić information content (AvgIpc) is 3.17. The molecule has 0 saturated carbocycles. The molecule has 1 atom stereocenters.